The number of nitrogens with zero attached hydrogens (tertiary/aromatic N) is 1. The fourth-order valence-corrected chi connectivity index (χ4v) is 4.12. The van der Waals surface area contributed by atoms with E-state index in [9.17, 15) is 12.8 Å². The fraction of sp³-hybridized carbons (Fsp3) is 0.600. The van der Waals surface area contributed by atoms with Crippen molar-refractivity contribution in [1.82, 2.24) is 4.31 Å². The molecule has 1 aromatic rings. The van der Waals surface area contributed by atoms with E-state index in [1.54, 1.807) is 4.31 Å². The van der Waals surface area contributed by atoms with Crippen molar-refractivity contribution in [3.8, 4) is 5.75 Å². The largest absolute Gasteiger partial charge is 0.494 e. The summed E-state index contributed by atoms with van der Waals surface area (Å²) in [6, 6.07) is 5.72. The van der Waals surface area contributed by atoms with Gasteiger partial charge in [0.2, 0.25) is 10.0 Å². The van der Waals surface area contributed by atoms with Crippen LogP contribution in [-0.4, -0.2) is 38.2 Å². The first-order chi connectivity index (χ1) is 9.97. The summed E-state index contributed by atoms with van der Waals surface area (Å²) >= 11 is 0. The number of ether oxygens (including phenoxy) is 1. The highest BCUT2D eigenvalue weighted by atomic mass is 32.2. The maximum atomic E-state index is 12.7. The van der Waals surface area contributed by atoms with Crippen molar-refractivity contribution in [2.24, 2.45) is 5.92 Å². The zero-order valence-corrected chi connectivity index (χ0v) is 13.1. The molecule has 1 saturated heterocycles. The van der Waals surface area contributed by atoms with Gasteiger partial charge in [-0.3, -0.25) is 0 Å². The van der Waals surface area contributed by atoms with Crippen LogP contribution in [0.15, 0.2) is 24.3 Å². The van der Waals surface area contributed by atoms with Gasteiger partial charge >= 0.3 is 0 Å². The third kappa shape index (κ3) is 4.97. The predicted octanol–water partition coefficient (Wildman–Crippen LogP) is 2.66. The van der Waals surface area contributed by atoms with Crippen LogP contribution in [0.2, 0.25) is 0 Å². The molecule has 21 heavy (non-hydrogen) atoms. The molecular weight excluding hydrogens is 293 g/mol. The number of sulfonamides is 1. The van der Waals surface area contributed by atoms with Gasteiger partial charge in [0.05, 0.1) is 12.4 Å². The molecule has 0 amide bonds. The number of hydrogen-bond donors (Lipinski definition) is 0. The fourth-order valence-electron chi connectivity index (χ4n) is 2.49. The first-order valence-electron chi connectivity index (χ1n) is 7.33. The Balaban J connectivity index is 1.75. The summed E-state index contributed by atoms with van der Waals surface area (Å²) in [6.45, 7) is 3.65. The van der Waals surface area contributed by atoms with Crippen molar-refractivity contribution in [2.75, 3.05) is 25.4 Å². The summed E-state index contributed by atoms with van der Waals surface area (Å²) < 4.78 is 44.2. The Hall–Kier alpha value is -1.14. The van der Waals surface area contributed by atoms with Gasteiger partial charge in [0.15, 0.2) is 0 Å². The first kappa shape index (κ1) is 16.2. The molecule has 1 unspecified atom stereocenters. The normalized spacial score (nSPS) is 20.4. The molecule has 118 valence electrons. The molecule has 0 bridgehead atoms. The lowest BCUT2D eigenvalue weighted by Gasteiger charge is -2.30. The van der Waals surface area contributed by atoms with Gasteiger partial charge in [-0.1, -0.05) is 6.92 Å². The highest BCUT2D eigenvalue weighted by molar-refractivity contribution is 7.89. The number of benzene rings is 1. The smallest absolute Gasteiger partial charge is 0.214 e. The van der Waals surface area contributed by atoms with E-state index in [1.165, 1.54) is 24.3 Å². The van der Waals surface area contributed by atoms with E-state index in [-0.39, 0.29) is 11.6 Å². The SMILES string of the molecule is CC1CCCN(S(=O)(=O)CCCOc2ccc(F)cc2)C1. The summed E-state index contributed by atoms with van der Waals surface area (Å²) in [5, 5.41) is 0. The van der Waals surface area contributed by atoms with Crippen LogP contribution in [-0.2, 0) is 10.0 Å². The lowest BCUT2D eigenvalue weighted by Crippen LogP contribution is -2.40. The Labute approximate surface area is 126 Å². The monoisotopic (exact) mass is 315 g/mol. The predicted molar refractivity (Wildman–Crippen MR) is 80.3 cm³/mol. The molecule has 1 aliphatic rings. The lowest BCUT2D eigenvalue weighted by atomic mass is 10.0. The van der Waals surface area contributed by atoms with Crippen molar-refractivity contribution < 1.29 is 17.5 Å². The van der Waals surface area contributed by atoms with Crippen molar-refractivity contribution in [3.63, 3.8) is 0 Å². The summed E-state index contributed by atoms with van der Waals surface area (Å²) in [5.41, 5.74) is 0. The Morgan fingerprint density at radius 2 is 2.05 bits per heavy atom. The average molecular weight is 315 g/mol. The summed E-state index contributed by atoms with van der Waals surface area (Å²) in [6.07, 6.45) is 2.47. The van der Waals surface area contributed by atoms with Crippen molar-refractivity contribution in [2.45, 2.75) is 26.2 Å². The van der Waals surface area contributed by atoms with E-state index < -0.39 is 10.0 Å². The number of piperidine rings is 1. The summed E-state index contributed by atoms with van der Waals surface area (Å²) in [7, 11) is -3.18. The molecule has 0 radical (unpaired) electrons. The van der Waals surface area contributed by atoms with Gasteiger partial charge in [-0.15, -0.1) is 0 Å². The Kier molecular flexibility index (Phi) is 5.58. The van der Waals surface area contributed by atoms with Gasteiger partial charge in [-0.05, 0) is 49.4 Å². The van der Waals surface area contributed by atoms with Crippen molar-refractivity contribution in [3.05, 3.63) is 30.1 Å². The molecule has 2 rings (SSSR count). The highest BCUT2D eigenvalue weighted by Gasteiger charge is 2.26. The summed E-state index contributed by atoms with van der Waals surface area (Å²) in [5.74, 6) is 0.773. The lowest BCUT2D eigenvalue weighted by molar-refractivity contribution is 0.278. The summed E-state index contributed by atoms with van der Waals surface area (Å²) in [4.78, 5) is 0. The maximum Gasteiger partial charge on any atom is 0.214 e. The highest BCUT2D eigenvalue weighted by Crippen LogP contribution is 2.19. The topological polar surface area (TPSA) is 46.6 Å². The van der Waals surface area contributed by atoms with Gasteiger partial charge in [0, 0.05) is 13.1 Å². The Morgan fingerprint density at radius 3 is 2.71 bits per heavy atom. The Bertz CT molecular complexity index is 545. The van der Waals surface area contributed by atoms with Gasteiger partial charge < -0.3 is 4.74 Å². The second-order valence-electron chi connectivity index (χ2n) is 5.58. The van der Waals surface area contributed by atoms with Crippen LogP contribution in [0.1, 0.15) is 26.2 Å². The zero-order chi connectivity index (χ0) is 15.3. The molecule has 1 fully saturated rings. The molecule has 0 saturated carbocycles. The molecule has 1 atom stereocenters. The molecule has 1 aliphatic heterocycles. The number of hydrogen-bond acceptors (Lipinski definition) is 3. The molecular formula is C15H22FNO3S. The van der Waals surface area contributed by atoms with E-state index in [2.05, 4.69) is 6.92 Å². The van der Waals surface area contributed by atoms with Crippen LogP contribution in [0.4, 0.5) is 4.39 Å². The van der Waals surface area contributed by atoms with E-state index in [0.29, 0.717) is 37.8 Å². The van der Waals surface area contributed by atoms with E-state index in [0.717, 1.165) is 12.8 Å². The third-order valence-electron chi connectivity index (χ3n) is 3.64. The second-order valence-corrected chi connectivity index (χ2v) is 7.67. The molecule has 6 heteroatoms. The molecule has 0 aliphatic carbocycles. The molecule has 0 N–H and O–H groups in total. The minimum absolute atomic E-state index is 0.0981. The minimum atomic E-state index is -3.18. The van der Waals surface area contributed by atoms with Crippen LogP contribution < -0.4 is 4.74 Å². The van der Waals surface area contributed by atoms with Gasteiger partial charge in [-0.2, -0.15) is 0 Å². The molecule has 4 nitrogen and oxygen atoms in total. The van der Waals surface area contributed by atoms with Crippen molar-refractivity contribution >= 4 is 10.0 Å². The zero-order valence-electron chi connectivity index (χ0n) is 12.3. The first-order valence-corrected chi connectivity index (χ1v) is 8.94. The van der Waals surface area contributed by atoms with Crippen LogP contribution in [0.25, 0.3) is 0 Å². The van der Waals surface area contributed by atoms with Gasteiger partial charge in [-0.25, -0.2) is 17.1 Å². The van der Waals surface area contributed by atoms with E-state index >= 15 is 0 Å². The van der Waals surface area contributed by atoms with Crippen LogP contribution in [0, 0.1) is 11.7 Å². The molecule has 0 aromatic heterocycles. The second kappa shape index (κ2) is 7.22. The van der Waals surface area contributed by atoms with Crippen LogP contribution in [0.3, 0.4) is 0 Å². The molecule has 0 spiro atoms. The van der Waals surface area contributed by atoms with Crippen LogP contribution >= 0.6 is 0 Å². The molecule has 1 heterocycles. The Morgan fingerprint density at radius 1 is 1.33 bits per heavy atom. The average Bonchev–Trinajstić information content (AvgIpc) is 2.45. The van der Waals surface area contributed by atoms with Crippen LogP contribution in [0.5, 0.6) is 5.75 Å². The molecule has 1 aromatic carbocycles. The van der Waals surface area contributed by atoms with Crippen molar-refractivity contribution in [1.29, 1.82) is 0 Å². The number of rotatable bonds is 6. The number of halogens is 1. The standard InChI is InChI=1S/C15H22FNO3S/c1-13-4-2-9-17(12-13)21(18,19)11-3-10-20-15-7-5-14(16)6-8-15/h5-8,13H,2-4,9-12H2,1H3. The van der Waals surface area contributed by atoms with E-state index in [1.807, 2.05) is 0 Å². The maximum absolute atomic E-state index is 12.7. The third-order valence-corrected chi connectivity index (χ3v) is 5.57. The quantitative estimate of drug-likeness (QED) is 0.758. The van der Waals surface area contributed by atoms with Gasteiger partial charge in [0.1, 0.15) is 11.6 Å². The minimum Gasteiger partial charge on any atom is -0.494 e. The van der Waals surface area contributed by atoms with E-state index in [4.69, 9.17) is 4.74 Å². The van der Waals surface area contributed by atoms with Gasteiger partial charge in [0.25, 0.3) is 0 Å².